The van der Waals surface area contributed by atoms with Crippen LogP contribution < -0.4 is 5.73 Å². The monoisotopic (exact) mass is 319 g/mol. The van der Waals surface area contributed by atoms with Gasteiger partial charge in [0, 0.05) is 31.7 Å². The quantitative estimate of drug-likeness (QED) is 0.893. The van der Waals surface area contributed by atoms with E-state index < -0.39 is 11.3 Å². The van der Waals surface area contributed by atoms with Crippen molar-refractivity contribution in [3.8, 4) is 0 Å². The summed E-state index contributed by atoms with van der Waals surface area (Å²) in [6.45, 7) is 2.08. The number of rotatable bonds is 3. The smallest absolute Gasteiger partial charge is 0.233 e. The molecule has 2 fully saturated rings. The number of nitrogens with two attached hydrogens (primary N) is 1. The van der Waals surface area contributed by atoms with E-state index in [-0.39, 0.29) is 17.6 Å². The van der Waals surface area contributed by atoms with Gasteiger partial charge < -0.3 is 15.5 Å². The molecule has 1 aliphatic heterocycles. The number of likely N-dealkylation sites (N-methyl/N-ethyl adjacent to an activating group) is 1. The van der Waals surface area contributed by atoms with Gasteiger partial charge in [0.2, 0.25) is 11.8 Å². The Bertz CT molecular complexity index is 630. The van der Waals surface area contributed by atoms with Crippen LogP contribution in [-0.4, -0.2) is 54.8 Å². The van der Waals surface area contributed by atoms with Crippen LogP contribution in [0.1, 0.15) is 18.4 Å². The minimum atomic E-state index is -0.754. The maximum atomic E-state index is 14.1. The molecule has 0 radical (unpaired) electrons. The van der Waals surface area contributed by atoms with Gasteiger partial charge in [0.25, 0.3) is 0 Å². The highest BCUT2D eigenvalue weighted by atomic mass is 19.1. The van der Waals surface area contributed by atoms with E-state index in [4.69, 9.17) is 5.73 Å². The maximum absolute atomic E-state index is 14.1. The number of benzene rings is 1. The van der Waals surface area contributed by atoms with Crippen LogP contribution in [0.2, 0.25) is 0 Å². The van der Waals surface area contributed by atoms with E-state index in [9.17, 15) is 14.0 Å². The first-order valence-corrected chi connectivity index (χ1v) is 7.96. The van der Waals surface area contributed by atoms with Gasteiger partial charge in [-0.3, -0.25) is 9.59 Å². The highest BCUT2D eigenvalue weighted by molar-refractivity contribution is 5.92. The van der Waals surface area contributed by atoms with Gasteiger partial charge in [0.05, 0.1) is 11.3 Å². The van der Waals surface area contributed by atoms with Crippen LogP contribution in [0.15, 0.2) is 24.3 Å². The molecule has 2 aliphatic rings. The van der Waals surface area contributed by atoms with Crippen molar-refractivity contribution in [1.82, 2.24) is 9.80 Å². The van der Waals surface area contributed by atoms with E-state index in [2.05, 4.69) is 0 Å². The van der Waals surface area contributed by atoms with Gasteiger partial charge in [0.15, 0.2) is 0 Å². The molecular weight excluding hydrogens is 297 g/mol. The van der Waals surface area contributed by atoms with Gasteiger partial charge in [-0.15, -0.1) is 0 Å². The van der Waals surface area contributed by atoms with E-state index >= 15 is 0 Å². The predicted molar refractivity (Wildman–Crippen MR) is 84.1 cm³/mol. The number of carbonyl (C=O) groups excluding carboxylic acids is 2. The summed E-state index contributed by atoms with van der Waals surface area (Å²) in [6, 6.07) is 6.47. The third-order valence-electron chi connectivity index (χ3n) is 4.96. The molecule has 1 aromatic carbocycles. The van der Waals surface area contributed by atoms with Crippen molar-refractivity contribution in [3.05, 3.63) is 35.6 Å². The van der Waals surface area contributed by atoms with Gasteiger partial charge in [-0.2, -0.15) is 0 Å². The summed E-state index contributed by atoms with van der Waals surface area (Å²) in [7, 11) is 1.91. The van der Waals surface area contributed by atoms with Crippen LogP contribution in [0.5, 0.6) is 0 Å². The third-order valence-corrected chi connectivity index (χ3v) is 4.96. The molecule has 124 valence electrons. The molecule has 3 rings (SSSR count). The SMILES string of the molecule is CN1CCN(C(=O)C2(c3ccccc3F)CC2)C[C@@H](C(N)=O)C1. The number of hydrogen-bond acceptors (Lipinski definition) is 3. The van der Waals surface area contributed by atoms with Crippen LogP contribution in [0.25, 0.3) is 0 Å². The summed E-state index contributed by atoms with van der Waals surface area (Å²) >= 11 is 0. The van der Waals surface area contributed by atoms with Gasteiger partial charge in [-0.25, -0.2) is 4.39 Å². The third kappa shape index (κ3) is 2.95. The molecule has 1 heterocycles. The minimum Gasteiger partial charge on any atom is -0.369 e. The van der Waals surface area contributed by atoms with E-state index in [1.54, 1.807) is 23.1 Å². The lowest BCUT2D eigenvalue weighted by atomic mass is 9.93. The first-order chi connectivity index (χ1) is 10.9. The molecule has 5 nitrogen and oxygen atoms in total. The summed E-state index contributed by atoms with van der Waals surface area (Å²) < 4.78 is 14.1. The van der Waals surface area contributed by atoms with Crippen molar-refractivity contribution in [2.45, 2.75) is 18.3 Å². The van der Waals surface area contributed by atoms with Crippen LogP contribution in [0.3, 0.4) is 0 Å². The molecule has 1 saturated heterocycles. The normalized spacial score (nSPS) is 24.1. The number of nitrogens with zero attached hydrogens (tertiary/aromatic N) is 2. The zero-order chi connectivity index (χ0) is 16.6. The lowest BCUT2D eigenvalue weighted by Crippen LogP contribution is -2.44. The predicted octanol–water partition coefficient (Wildman–Crippen LogP) is 0.733. The van der Waals surface area contributed by atoms with Crippen molar-refractivity contribution < 1.29 is 14.0 Å². The Labute approximate surface area is 135 Å². The molecule has 23 heavy (non-hydrogen) atoms. The van der Waals surface area contributed by atoms with Gasteiger partial charge in [-0.1, -0.05) is 18.2 Å². The van der Waals surface area contributed by atoms with Crippen molar-refractivity contribution in [2.24, 2.45) is 11.7 Å². The number of amides is 2. The second-order valence-electron chi connectivity index (χ2n) is 6.67. The van der Waals surface area contributed by atoms with Crippen molar-refractivity contribution in [3.63, 3.8) is 0 Å². The lowest BCUT2D eigenvalue weighted by molar-refractivity contribution is -0.135. The second kappa shape index (κ2) is 5.92. The van der Waals surface area contributed by atoms with Crippen LogP contribution in [-0.2, 0) is 15.0 Å². The molecule has 1 saturated carbocycles. The van der Waals surface area contributed by atoms with E-state index in [0.29, 0.717) is 44.6 Å². The Balaban J connectivity index is 1.84. The van der Waals surface area contributed by atoms with E-state index in [1.807, 2.05) is 11.9 Å². The number of hydrogen-bond donors (Lipinski definition) is 1. The molecule has 0 aromatic heterocycles. The van der Waals surface area contributed by atoms with Crippen molar-refractivity contribution in [1.29, 1.82) is 0 Å². The van der Waals surface area contributed by atoms with Crippen molar-refractivity contribution >= 4 is 11.8 Å². The highest BCUT2D eigenvalue weighted by Crippen LogP contribution is 2.50. The fourth-order valence-electron chi connectivity index (χ4n) is 3.41. The topological polar surface area (TPSA) is 66.6 Å². The van der Waals surface area contributed by atoms with E-state index in [1.165, 1.54) is 6.07 Å². The zero-order valence-corrected chi connectivity index (χ0v) is 13.3. The lowest BCUT2D eigenvalue weighted by Gasteiger charge is -2.28. The zero-order valence-electron chi connectivity index (χ0n) is 13.3. The Hall–Kier alpha value is -1.95. The summed E-state index contributed by atoms with van der Waals surface area (Å²) in [4.78, 5) is 28.4. The summed E-state index contributed by atoms with van der Waals surface area (Å²) in [5, 5.41) is 0. The number of halogens is 1. The first kappa shape index (κ1) is 15.9. The Kier molecular flexibility index (Phi) is 4.10. The fourth-order valence-corrected chi connectivity index (χ4v) is 3.41. The molecule has 6 heteroatoms. The average Bonchev–Trinajstić information content (AvgIpc) is 3.32. The standard InChI is InChI=1S/C17H22FN3O2/c1-20-8-9-21(11-12(10-20)15(19)22)16(23)17(6-7-17)13-4-2-3-5-14(13)18/h2-5,12H,6-11H2,1H3,(H2,19,22)/t12-/m0/s1. The van der Waals surface area contributed by atoms with Gasteiger partial charge in [-0.05, 0) is 26.0 Å². The summed E-state index contributed by atoms with van der Waals surface area (Å²) in [6.07, 6.45) is 1.31. The molecule has 1 atom stereocenters. The fraction of sp³-hybridized carbons (Fsp3) is 0.529. The molecule has 1 aromatic rings. The molecule has 2 amide bonds. The van der Waals surface area contributed by atoms with Crippen molar-refractivity contribution in [2.75, 3.05) is 33.2 Å². The molecule has 0 spiro atoms. The number of primary amides is 1. The Morgan fingerprint density at radius 1 is 1.22 bits per heavy atom. The van der Waals surface area contributed by atoms with Gasteiger partial charge >= 0.3 is 0 Å². The van der Waals surface area contributed by atoms with E-state index in [0.717, 1.165) is 0 Å². The molecule has 1 aliphatic carbocycles. The summed E-state index contributed by atoms with van der Waals surface area (Å²) in [5.41, 5.74) is 5.17. The van der Waals surface area contributed by atoms with Crippen LogP contribution >= 0.6 is 0 Å². The largest absolute Gasteiger partial charge is 0.369 e. The number of carbonyl (C=O) groups is 2. The first-order valence-electron chi connectivity index (χ1n) is 7.96. The molecule has 2 N–H and O–H groups in total. The second-order valence-corrected chi connectivity index (χ2v) is 6.67. The van der Waals surface area contributed by atoms with Gasteiger partial charge in [0.1, 0.15) is 5.82 Å². The summed E-state index contributed by atoms with van der Waals surface area (Å²) in [5.74, 6) is -1.20. The Morgan fingerprint density at radius 3 is 2.52 bits per heavy atom. The van der Waals surface area contributed by atoms with Crippen LogP contribution in [0.4, 0.5) is 4.39 Å². The maximum Gasteiger partial charge on any atom is 0.233 e. The molecule has 0 unspecified atom stereocenters. The molecular formula is C17H22FN3O2. The highest BCUT2D eigenvalue weighted by Gasteiger charge is 2.54. The molecule has 0 bridgehead atoms. The average molecular weight is 319 g/mol. The van der Waals surface area contributed by atoms with Crippen LogP contribution in [0, 0.1) is 11.7 Å². The minimum absolute atomic E-state index is 0.0795. The Morgan fingerprint density at radius 2 is 1.91 bits per heavy atom.